The summed E-state index contributed by atoms with van der Waals surface area (Å²) in [5.74, 6) is -0.712. The Morgan fingerprint density at radius 1 is 1.50 bits per heavy atom. The molecule has 0 radical (unpaired) electrons. The van der Waals surface area contributed by atoms with E-state index in [1.54, 1.807) is 12.1 Å². The molecule has 1 atom stereocenters. The number of sulfonamides is 1. The fraction of sp³-hybridized carbons (Fsp3) is 0.417. The number of carbonyl (C=O) groups excluding carboxylic acids is 1. The van der Waals surface area contributed by atoms with Crippen molar-refractivity contribution in [1.29, 1.82) is 0 Å². The van der Waals surface area contributed by atoms with Gasteiger partial charge < -0.3 is 10.5 Å². The van der Waals surface area contributed by atoms with Crippen LogP contribution in [0.2, 0.25) is 0 Å². The van der Waals surface area contributed by atoms with Crippen molar-refractivity contribution in [3.63, 3.8) is 0 Å². The number of nitrogens with zero attached hydrogens (tertiary/aromatic N) is 1. The molecule has 1 aliphatic rings. The molecule has 1 aromatic rings. The molecule has 0 aromatic heterocycles. The van der Waals surface area contributed by atoms with Crippen molar-refractivity contribution >= 4 is 31.9 Å². The van der Waals surface area contributed by atoms with E-state index in [-0.39, 0.29) is 24.7 Å². The number of aryl methyl sites for hydroxylation is 1. The summed E-state index contributed by atoms with van der Waals surface area (Å²) in [5, 5.41) is 0. The number of nitrogens with two attached hydrogens (primary N) is 1. The van der Waals surface area contributed by atoms with Crippen LogP contribution in [0.3, 0.4) is 0 Å². The second-order valence-electron chi connectivity index (χ2n) is 4.54. The standard InChI is InChI=1S/C12H15BrN2O4S/c1-8-2-3-11(9(13)6-8)20(17,18)15-4-5-19-7-10(15)12(14)16/h2-3,6,10H,4-5,7H2,1H3,(H2,14,16). The van der Waals surface area contributed by atoms with Crippen molar-refractivity contribution in [3.05, 3.63) is 28.2 Å². The zero-order chi connectivity index (χ0) is 14.9. The summed E-state index contributed by atoms with van der Waals surface area (Å²) in [6.45, 7) is 2.20. The van der Waals surface area contributed by atoms with Crippen LogP contribution >= 0.6 is 15.9 Å². The summed E-state index contributed by atoms with van der Waals surface area (Å²) in [6.07, 6.45) is 0. The van der Waals surface area contributed by atoms with Crippen LogP contribution in [0, 0.1) is 6.92 Å². The average molecular weight is 363 g/mol. The maximum absolute atomic E-state index is 12.7. The summed E-state index contributed by atoms with van der Waals surface area (Å²) < 4.78 is 32.0. The predicted octanol–water partition coefficient (Wildman–Crippen LogP) is 0.632. The highest BCUT2D eigenvalue weighted by Crippen LogP contribution is 2.28. The normalized spacial score (nSPS) is 20.8. The Balaban J connectivity index is 2.45. The number of benzene rings is 1. The number of morpholine rings is 1. The molecular weight excluding hydrogens is 348 g/mol. The molecule has 1 amide bonds. The zero-order valence-electron chi connectivity index (χ0n) is 10.9. The molecule has 2 N–H and O–H groups in total. The molecule has 1 unspecified atom stereocenters. The smallest absolute Gasteiger partial charge is 0.245 e. The second-order valence-corrected chi connectivity index (χ2v) is 7.26. The summed E-state index contributed by atoms with van der Waals surface area (Å²) in [6, 6.07) is 3.97. The van der Waals surface area contributed by atoms with Gasteiger partial charge in [-0.3, -0.25) is 4.79 Å². The first-order valence-electron chi connectivity index (χ1n) is 5.99. The van der Waals surface area contributed by atoms with Crippen LogP contribution in [0.4, 0.5) is 0 Å². The topological polar surface area (TPSA) is 89.7 Å². The van der Waals surface area contributed by atoms with E-state index in [1.807, 2.05) is 6.92 Å². The molecule has 8 heteroatoms. The Kier molecular flexibility index (Phi) is 4.48. The third-order valence-electron chi connectivity index (χ3n) is 3.08. The Bertz CT molecular complexity index is 632. The van der Waals surface area contributed by atoms with Crippen LogP contribution < -0.4 is 5.73 Å². The number of hydrogen-bond donors (Lipinski definition) is 1. The number of primary amides is 1. The first-order valence-corrected chi connectivity index (χ1v) is 8.22. The van der Waals surface area contributed by atoms with Crippen molar-refractivity contribution in [2.75, 3.05) is 19.8 Å². The molecule has 1 fully saturated rings. The molecule has 1 aromatic carbocycles. The molecule has 110 valence electrons. The third-order valence-corrected chi connectivity index (χ3v) is 5.97. The lowest BCUT2D eigenvalue weighted by Crippen LogP contribution is -2.54. The molecule has 0 saturated carbocycles. The van der Waals surface area contributed by atoms with E-state index >= 15 is 0 Å². The van der Waals surface area contributed by atoms with E-state index in [0.29, 0.717) is 4.47 Å². The molecule has 2 rings (SSSR count). The van der Waals surface area contributed by atoms with E-state index < -0.39 is 22.0 Å². The summed E-state index contributed by atoms with van der Waals surface area (Å²) >= 11 is 3.25. The summed E-state index contributed by atoms with van der Waals surface area (Å²) in [7, 11) is -3.80. The van der Waals surface area contributed by atoms with Gasteiger partial charge in [-0.15, -0.1) is 0 Å². The molecule has 1 heterocycles. The minimum absolute atomic E-state index is 0.0158. The van der Waals surface area contributed by atoms with E-state index in [0.717, 1.165) is 9.87 Å². The average Bonchev–Trinajstić information content (AvgIpc) is 2.38. The second kappa shape index (κ2) is 5.80. The highest BCUT2D eigenvalue weighted by molar-refractivity contribution is 9.10. The van der Waals surface area contributed by atoms with E-state index in [9.17, 15) is 13.2 Å². The van der Waals surface area contributed by atoms with Crippen LogP contribution in [0.25, 0.3) is 0 Å². The van der Waals surface area contributed by atoms with Gasteiger partial charge in [-0.25, -0.2) is 8.42 Å². The molecule has 0 bridgehead atoms. The SMILES string of the molecule is Cc1ccc(S(=O)(=O)N2CCOCC2C(N)=O)c(Br)c1. The first-order chi connectivity index (χ1) is 9.34. The minimum atomic E-state index is -3.80. The Morgan fingerprint density at radius 2 is 2.20 bits per heavy atom. The number of carbonyl (C=O) groups is 1. The molecule has 0 aliphatic carbocycles. The van der Waals surface area contributed by atoms with Crippen LogP contribution in [0.5, 0.6) is 0 Å². The Hall–Kier alpha value is -0.960. The van der Waals surface area contributed by atoms with Crippen LogP contribution in [-0.2, 0) is 19.6 Å². The van der Waals surface area contributed by atoms with Gasteiger partial charge >= 0.3 is 0 Å². The highest BCUT2D eigenvalue weighted by Gasteiger charge is 2.38. The fourth-order valence-electron chi connectivity index (χ4n) is 2.04. The van der Waals surface area contributed by atoms with Crippen LogP contribution in [-0.4, -0.2) is 44.4 Å². The largest absolute Gasteiger partial charge is 0.378 e. The van der Waals surface area contributed by atoms with Gasteiger partial charge in [0.2, 0.25) is 15.9 Å². The lowest BCUT2D eigenvalue weighted by molar-refractivity contribution is -0.125. The van der Waals surface area contributed by atoms with E-state index in [4.69, 9.17) is 10.5 Å². The lowest BCUT2D eigenvalue weighted by atomic mass is 10.2. The van der Waals surface area contributed by atoms with E-state index in [1.165, 1.54) is 6.07 Å². The molecule has 6 nitrogen and oxygen atoms in total. The first kappa shape index (κ1) is 15.4. The van der Waals surface area contributed by atoms with E-state index in [2.05, 4.69) is 15.9 Å². The van der Waals surface area contributed by atoms with Crippen LogP contribution in [0.15, 0.2) is 27.6 Å². The van der Waals surface area contributed by atoms with Crippen LogP contribution in [0.1, 0.15) is 5.56 Å². The molecular formula is C12H15BrN2O4S. The lowest BCUT2D eigenvalue weighted by Gasteiger charge is -2.32. The van der Waals surface area contributed by atoms with Gasteiger partial charge in [0.25, 0.3) is 0 Å². The maximum atomic E-state index is 12.7. The molecule has 1 aliphatic heterocycles. The van der Waals surface area contributed by atoms with Gasteiger partial charge in [0, 0.05) is 11.0 Å². The molecule has 20 heavy (non-hydrogen) atoms. The number of hydrogen-bond acceptors (Lipinski definition) is 4. The highest BCUT2D eigenvalue weighted by atomic mass is 79.9. The Morgan fingerprint density at radius 3 is 2.80 bits per heavy atom. The number of ether oxygens (including phenoxy) is 1. The van der Waals surface area contributed by atoms with Crippen molar-refractivity contribution in [3.8, 4) is 0 Å². The number of amides is 1. The van der Waals surface area contributed by atoms with Gasteiger partial charge in [0.15, 0.2) is 0 Å². The van der Waals surface area contributed by atoms with Crippen molar-refractivity contribution in [2.45, 2.75) is 17.9 Å². The number of halogens is 1. The summed E-state index contributed by atoms with van der Waals surface area (Å²) in [4.78, 5) is 11.5. The number of rotatable bonds is 3. The van der Waals surface area contributed by atoms with Gasteiger partial charge in [0.1, 0.15) is 6.04 Å². The van der Waals surface area contributed by atoms with Crippen molar-refractivity contribution < 1.29 is 17.9 Å². The summed E-state index contributed by atoms with van der Waals surface area (Å²) in [5.41, 5.74) is 6.19. The fourth-order valence-corrected chi connectivity index (χ4v) is 4.76. The van der Waals surface area contributed by atoms with Gasteiger partial charge in [-0.1, -0.05) is 6.07 Å². The minimum Gasteiger partial charge on any atom is -0.378 e. The molecule has 1 saturated heterocycles. The van der Waals surface area contributed by atoms with Gasteiger partial charge in [-0.2, -0.15) is 4.31 Å². The monoisotopic (exact) mass is 362 g/mol. The third kappa shape index (κ3) is 2.88. The van der Waals surface area contributed by atoms with Crippen molar-refractivity contribution in [1.82, 2.24) is 4.31 Å². The maximum Gasteiger partial charge on any atom is 0.245 e. The Labute approximate surface area is 126 Å². The predicted molar refractivity (Wildman–Crippen MR) is 76.6 cm³/mol. The molecule has 0 spiro atoms. The van der Waals surface area contributed by atoms with Gasteiger partial charge in [-0.05, 0) is 40.5 Å². The van der Waals surface area contributed by atoms with Gasteiger partial charge in [0.05, 0.1) is 18.1 Å². The quantitative estimate of drug-likeness (QED) is 0.853. The zero-order valence-corrected chi connectivity index (χ0v) is 13.3. The van der Waals surface area contributed by atoms with Crippen molar-refractivity contribution in [2.24, 2.45) is 5.73 Å².